The molecule has 0 rings (SSSR count). The van der Waals surface area contributed by atoms with E-state index in [4.69, 9.17) is 24.8 Å². The Labute approximate surface area is 319 Å². The van der Waals surface area contributed by atoms with Crippen LogP contribution in [0.2, 0.25) is 0 Å². The largest absolute Gasteiger partial charge is 0.480 e. The zero-order valence-electron chi connectivity index (χ0n) is 32.6. The second-order valence-electron chi connectivity index (χ2n) is 13.0. The molecule has 3 atom stereocenters. The van der Waals surface area contributed by atoms with E-state index in [2.05, 4.69) is 67.0 Å². The van der Waals surface area contributed by atoms with Crippen LogP contribution in [-0.4, -0.2) is 59.9 Å². The lowest BCUT2D eigenvalue weighted by Crippen LogP contribution is -2.34. The summed E-state index contributed by atoms with van der Waals surface area (Å²) in [5.41, 5.74) is 5.31. The summed E-state index contributed by atoms with van der Waals surface area (Å²) in [7, 11) is -4.73. The van der Waals surface area contributed by atoms with E-state index >= 15 is 0 Å². The molecule has 0 aliphatic rings. The van der Waals surface area contributed by atoms with Crippen molar-refractivity contribution >= 4 is 25.7 Å². The monoisotopic (exact) mass is 767 g/mol. The molecule has 0 saturated heterocycles. The van der Waals surface area contributed by atoms with Crippen molar-refractivity contribution in [1.29, 1.82) is 0 Å². The van der Waals surface area contributed by atoms with E-state index in [1.54, 1.807) is 0 Å². The summed E-state index contributed by atoms with van der Waals surface area (Å²) >= 11 is 0. The molecule has 0 radical (unpaired) electrons. The number of aliphatic carboxylic acids is 1. The molecule has 12 heteroatoms. The molecular formula is C41H70NO10P. The molecule has 0 amide bonds. The number of unbranched alkanes of at least 4 members (excludes halogenated alkanes) is 12. The van der Waals surface area contributed by atoms with Gasteiger partial charge in [-0.15, -0.1) is 0 Å². The van der Waals surface area contributed by atoms with Crippen molar-refractivity contribution < 1.29 is 47.5 Å². The Morgan fingerprint density at radius 1 is 0.604 bits per heavy atom. The molecule has 0 aliphatic heterocycles. The van der Waals surface area contributed by atoms with Crippen LogP contribution in [0.4, 0.5) is 0 Å². The van der Waals surface area contributed by atoms with Crippen molar-refractivity contribution in [2.45, 2.75) is 161 Å². The van der Waals surface area contributed by atoms with Crippen LogP contribution >= 0.6 is 7.82 Å². The quantitative estimate of drug-likeness (QED) is 0.0240. The second kappa shape index (κ2) is 36.2. The predicted octanol–water partition coefficient (Wildman–Crippen LogP) is 10.00. The Hall–Kier alpha value is -2.82. The molecule has 1 unspecified atom stereocenters. The molecule has 304 valence electrons. The van der Waals surface area contributed by atoms with Gasteiger partial charge in [-0.05, 0) is 51.4 Å². The maximum absolute atomic E-state index is 12.6. The van der Waals surface area contributed by atoms with Gasteiger partial charge >= 0.3 is 25.7 Å². The van der Waals surface area contributed by atoms with Crippen LogP contribution in [0.5, 0.6) is 0 Å². The number of phosphoric ester groups is 1. The summed E-state index contributed by atoms with van der Waals surface area (Å²) in [4.78, 5) is 45.8. The molecule has 0 aliphatic carbocycles. The van der Waals surface area contributed by atoms with Gasteiger partial charge in [-0.25, -0.2) is 4.57 Å². The number of nitrogens with two attached hydrogens (primary N) is 1. The standard InChI is InChI=1S/C41H70NO10P/c1-3-5-7-9-11-13-15-17-18-19-20-21-23-25-27-29-31-33-40(44)52-37(35-50-53(47,48)51-36-38(42)41(45)46)34-49-39(43)32-30-28-26-24-22-16-14-12-10-8-6-4-2/h5,7,11,13,17-18,20-21,25,27,37-38H,3-4,6,8-10,12,14-16,19,22-24,26,28-36,42H2,1-2H3,(H,45,46)(H,47,48)/b7-5-,13-11-,18-17-,21-20-,27-25-/t37-,38+/m1/s1. The number of carbonyl (C=O) groups excluding carboxylic acids is 2. The topological polar surface area (TPSA) is 172 Å². The third-order valence-electron chi connectivity index (χ3n) is 8.03. The number of allylic oxidation sites excluding steroid dienone is 10. The van der Waals surface area contributed by atoms with Crippen LogP contribution in [0.1, 0.15) is 149 Å². The van der Waals surface area contributed by atoms with Crippen molar-refractivity contribution in [2.24, 2.45) is 5.73 Å². The van der Waals surface area contributed by atoms with E-state index in [-0.39, 0.29) is 19.4 Å². The first-order valence-electron chi connectivity index (χ1n) is 19.8. The lowest BCUT2D eigenvalue weighted by atomic mass is 10.0. The number of carboxylic acid groups (broad SMARTS) is 1. The SMILES string of the molecule is CC/C=C\C/C=C\C/C=C\C/C=C\C/C=C\CCCC(=O)O[C@H](COC(=O)CCCCCCCCCCCCCC)COP(=O)(O)OC[C@H](N)C(=O)O. The fraction of sp³-hybridized carbons (Fsp3) is 0.683. The molecule has 4 N–H and O–H groups in total. The number of carbonyl (C=O) groups is 3. The van der Waals surface area contributed by atoms with Gasteiger partial charge in [-0.2, -0.15) is 0 Å². The molecule has 0 spiro atoms. The van der Waals surface area contributed by atoms with Crippen LogP contribution in [0.15, 0.2) is 60.8 Å². The number of hydrogen-bond donors (Lipinski definition) is 3. The van der Waals surface area contributed by atoms with Gasteiger partial charge in [0, 0.05) is 12.8 Å². The van der Waals surface area contributed by atoms with Crippen molar-refractivity contribution in [3.05, 3.63) is 60.8 Å². The zero-order chi connectivity index (χ0) is 39.3. The predicted molar refractivity (Wildman–Crippen MR) is 212 cm³/mol. The zero-order valence-corrected chi connectivity index (χ0v) is 33.5. The molecule has 0 aromatic carbocycles. The van der Waals surface area contributed by atoms with Gasteiger partial charge in [-0.1, -0.05) is 145 Å². The molecular weight excluding hydrogens is 697 g/mol. The van der Waals surface area contributed by atoms with Gasteiger partial charge in [0.1, 0.15) is 12.6 Å². The fourth-order valence-corrected chi connectivity index (χ4v) is 5.70. The Bertz CT molecular complexity index is 1130. The maximum Gasteiger partial charge on any atom is 0.472 e. The highest BCUT2D eigenvalue weighted by molar-refractivity contribution is 7.47. The second-order valence-corrected chi connectivity index (χ2v) is 14.5. The summed E-state index contributed by atoms with van der Waals surface area (Å²) < 4.78 is 32.5. The lowest BCUT2D eigenvalue weighted by molar-refractivity contribution is -0.161. The van der Waals surface area contributed by atoms with E-state index < -0.39 is 51.1 Å². The van der Waals surface area contributed by atoms with Gasteiger partial charge in [-0.3, -0.25) is 23.4 Å². The number of hydrogen-bond acceptors (Lipinski definition) is 9. The third kappa shape index (κ3) is 36.0. The Kier molecular flexibility index (Phi) is 34.2. The first-order chi connectivity index (χ1) is 25.6. The van der Waals surface area contributed by atoms with Crippen molar-refractivity contribution in [3.63, 3.8) is 0 Å². The highest BCUT2D eigenvalue weighted by Crippen LogP contribution is 2.43. The molecule has 0 aromatic rings. The molecule has 0 heterocycles. The van der Waals surface area contributed by atoms with Crippen molar-refractivity contribution in [3.8, 4) is 0 Å². The number of rotatable bonds is 36. The first-order valence-corrected chi connectivity index (χ1v) is 21.3. The van der Waals surface area contributed by atoms with Crippen LogP contribution in [-0.2, 0) is 37.5 Å². The minimum Gasteiger partial charge on any atom is -0.480 e. The summed E-state index contributed by atoms with van der Waals surface area (Å²) in [6.45, 7) is 2.60. The Balaban J connectivity index is 4.54. The minimum absolute atomic E-state index is 0.0817. The molecule has 0 bridgehead atoms. The van der Waals surface area contributed by atoms with E-state index in [0.717, 1.165) is 51.4 Å². The van der Waals surface area contributed by atoms with Gasteiger partial charge in [0.15, 0.2) is 6.10 Å². The summed E-state index contributed by atoms with van der Waals surface area (Å²) in [6.07, 6.45) is 40.1. The van der Waals surface area contributed by atoms with Gasteiger partial charge < -0.3 is 25.2 Å². The highest BCUT2D eigenvalue weighted by Gasteiger charge is 2.28. The van der Waals surface area contributed by atoms with Crippen molar-refractivity contribution in [2.75, 3.05) is 19.8 Å². The van der Waals surface area contributed by atoms with E-state index in [0.29, 0.717) is 19.3 Å². The summed E-state index contributed by atoms with van der Waals surface area (Å²) in [5.74, 6) is -2.46. The van der Waals surface area contributed by atoms with Crippen LogP contribution in [0, 0.1) is 0 Å². The Morgan fingerprint density at radius 3 is 1.57 bits per heavy atom. The van der Waals surface area contributed by atoms with E-state index in [1.165, 1.54) is 51.4 Å². The number of phosphoric acid groups is 1. The highest BCUT2D eigenvalue weighted by atomic mass is 31.2. The summed E-state index contributed by atoms with van der Waals surface area (Å²) in [5, 5.41) is 8.86. The normalized spacial score (nSPS) is 14.5. The molecule has 0 aromatic heterocycles. The van der Waals surface area contributed by atoms with E-state index in [9.17, 15) is 23.8 Å². The van der Waals surface area contributed by atoms with Gasteiger partial charge in [0.05, 0.1) is 13.2 Å². The molecule has 53 heavy (non-hydrogen) atoms. The fourth-order valence-electron chi connectivity index (χ4n) is 4.92. The van der Waals surface area contributed by atoms with Crippen molar-refractivity contribution in [1.82, 2.24) is 0 Å². The molecule has 0 saturated carbocycles. The van der Waals surface area contributed by atoms with Crippen LogP contribution in [0.3, 0.4) is 0 Å². The lowest BCUT2D eigenvalue weighted by Gasteiger charge is -2.20. The van der Waals surface area contributed by atoms with Gasteiger partial charge in [0.25, 0.3) is 0 Å². The number of esters is 2. The van der Waals surface area contributed by atoms with Crippen LogP contribution in [0.25, 0.3) is 0 Å². The number of carboxylic acids is 1. The third-order valence-corrected chi connectivity index (χ3v) is 8.98. The minimum atomic E-state index is -4.73. The van der Waals surface area contributed by atoms with Crippen LogP contribution < -0.4 is 5.73 Å². The average Bonchev–Trinajstić information content (AvgIpc) is 3.13. The smallest absolute Gasteiger partial charge is 0.472 e. The molecule has 11 nitrogen and oxygen atoms in total. The maximum atomic E-state index is 12.6. The first kappa shape index (κ1) is 50.2. The number of ether oxygens (including phenoxy) is 2. The van der Waals surface area contributed by atoms with Gasteiger partial charge in [0.2, 0.25) is 0 Å². The summed E-state index contributed by atoms with van der Waals surface area (Å²) in [6, 6.07) is -1.53. The Morgan fingerprint density at radius 2 is 1.06 bits per heavy atom. The molecule has 0 fully saturated rings. The van der Waals surface area contributed by atoms with E-state index in [1.807, 2.05) is 12.2 Å². The average molecular weight is 768 g/mol.